The van der Waals surface area contributed by atoms with Gasteiger partial charge in [0, 0.05) is 13.1 Å². The lowest BCUT2D eigenvalue weighted by atomic mass is 10.2. The first-order valence-corrected chi connectivity index (χ1v) is 5.16. The third kappa shape index (κ3) is 2.66. The maximum Gasteiger partial charge on any atom is 0.416 e. The summed E-state index contributed by atoms with van der Waals surface area (Å²) in [6, 6.07) is 4.96. The molecule has 1 heterocycles. The Labute approximate surface area is 91.6 Å². The Morgan fingerprint density at radius 1 is 1.12 bits per heavy atom. The van der Waals surface area contributed by atoms with Gasteiger partial charge in [0.25, 0.3) is 0 Å². The molecule has 0 N–H and O–H groups in total. The SMILES string of the molecule is FC(F)(F)c1cccc(ON2CCCC2)c1. The second kappa shape index (κ2) is 4.33. The van der Waals surface area contributed by atoms with Gasteiger partial charge in [-0.1, -0.05) is 6.07 Å². The van der Waals surface area contributed by atoms with Crippen LogP contribution in [0.4, 0.5) is 13.2 Å². The van der Waals surface area contributed by atoms with Crippen LogP contribution in [0.2, 0.25) is 0 Å². The summed E-state index contributed by atoms with van der Waals surface area (Å²) in [7, 11) is 0. The third-order valence-electron chi connectivity index (χ3n) is 2.46. The Morgan fingerprint density at radius 2 is 1.81 bits per heavy atom. The first kappa shape index (κ1) is 11.3. The molecule has 2 rings (SSSR count). The van der Waals surface area contributed by atoms with Crippen molar-refractivity contribution in [3.05, 3.63) is 29.8 Å². The molecule has 0 aliphatic carbocycles. The fourth-order valence-electron chi connectivity index (χ4n) is 1.66. The summed E-state index contributed by atoms with van der Waals surface area (Å²) in [6.45, 7) is 1.55. The van der Waals surface area contributed by atoms with E-state index in [2.05, 4.69) is 0 Å². The molecule has 0 saturated carbocycles. The molecule has 1 fully saturated rings. The lowest BCUT2D eigenvalue weighted by Gasteiger charge is -2.16. The Hall–Kier alpha value is -1.23. The van der Waals surface area contributed by atoms with E-state index in [1.807, 2.05) is 0 Å². The van der Waals surface area contributed by atoms with Crippen LogP contribution in [-0.2, 0) is 6.18 Å². The molecule has 0 spiro atoms. The van der Waals surface area contributed by atoms with E-state index in [9.17, 15) is 13.2 Å². The lowest BCUT2D eigenvalue weighted by molar-refractivity contribution is -0.138. The Morgan fingerprint density at radius 3 is 2.44 bits per heavy atom. The molecule has 88 valence electrons. The topological polar surface area (TPSA) is 12.5 Å². The summed E-state index contributed by atoms with van der Waals surface area (Å²) in [6.07, 6.45) is -2.26. The summed E-state index contributed by atoms with van der Waals surface area (Å²) in [5, 5.41) is 1.69. The molecule has 1 saturated heterocycles. The average Bonchev–Trinajstić information content (AvgIpc) is 2.70. The zero-order valence-electron chi connectivity index (χ0n) is 8.63. The van der Waals surface area contributed by atoms with Gasteiger partial charge in [-0.25, -0.2) is 0 Å². The number of rotatable bonds is 2. The van der Waals surface area contributed by atoms with Crippen molar-refractivity contribution in [3.63, 3.8) is 0 Å². The molecule has 1 aliphatic heterocycles. The monoisotopic (exact) mass is 231 g/mol. The Balaban J connectivity index is 2.09. The predicted octanol–water partition coefficient (Wildman–Crippen LogP) is 3.10. The van der Waals surface area contributed by atoms with Gasteiger partial charge in [-0.05, 0) is 31.0 Å². The van der Waals surface area contributed by atoms with Crippen molar-refractivity contribution in [2.75, 3.05) is 13.1 Å². The maximum absolute atomic E-state index is 12.4. The molecule has 0 unspecified atom stereocenters. The molecule has 2 nitrogen and oxygen atoms in total. The van der Waals surface area contributed by atoms with Crippen LogP contribution in [0.15, 0.2) is 24.3 Å². The average molecular weight is 231 g/mol. The molecule has 0 amide bonds. The maximum atomic E-state index is 12.4. The summed E-state index contributed by atoms with van der Waals surface area (Å²) in [4.78, 5) is 5.34. The Bertz CT molecular complexity index is 358. The minimum Gasteiger partial charge on any atom is -0.406 e. The number of benzene rings is 1. The standard InChI is InChI=1S/C11H12F3NO/c12-11(13,14)9-4-3-5-10(8-9)16-15-6-1-2-7-15/h3-5,8H,1-2,6-7H2. The van der Waals surface area contributed by atoms with Crippen LogP contribution >= 0.6 is 0 Å². The van der Waals surface area contributed by atoms with Crippen molar-refractivity contribution in [3.8, 4) is 5.75 Å². The summed E-state index contributed by atoms with van der Waals surface area (Å²) in [5.74, 6) is 0.247. The van der Waals surface area contributed by atoms with E-state index in [1.165, 1.54) is 12.1 Å². The number of alkyl halides is 3. The first-order valence-electron chi connectivity index (χ1n) is 5.16. The van der Waals surface area contributed by atoms with Crippen molar-refractivity contribution in [2.24, 2.45) is 0 Å². The smallest absolute Gasteiger partial charge is 0.406 e. The largest absolute Gasteiger partial charge is 0.416 e. The number of halogens is 3. The van der Waals surface area contributed by atoms with Crippen LogP contribution in [0.5, 0.6) is 5.75 Å². The van der Waals surface area contributed by atoms with Crippen molar-refractivity contribution < 1.29 is 18.0 Å². The highest BCUT2D eigenvalue weighted by molar-refractivity contribution is 5.30. The molecular weight excluding hydrogens is 219 g/mol. The minimum absolute atomic E-state index is 0.247. The summed E-state index contributed by atoms with van der Waals surface area (Å²) in [5.41, 5.74) is -0.677. The highest BCUT2D eigenvalue weighted by atomic mass is 19.4. The second-order valence-corrected chi connectivity index (χ2v) is 3.75. The van der Waals surface area contributed by atoms with Crippen LogP contribution in [0.3, 0.4) is 0 Å². The molecule has 0 radical (unpaired) electrons. The zero-order valence-corrected chi connectivity index (χ0v) is 8.63. The van der Waals surface area contributed by atoms with Crippen LogP contribution in [-0.4, -0.2) is 18.2 Å². The quantitative estimate of drug-likeness (QED) is 0.775. The molecule has 0 aromatic heterocycles. The minimum atomic E-state index is -4.32. The third-order valence-corrected chi connectivity index (χ3v) is 2.46. The molecule has 1 aromatic carbocycles. The van der Waals surface area contributed by atoms with Gasteiger partial charge < -0.3 is 4.84 Å². The molecule has 1 aromatic rings. The van der Waals surface area contributed by atoms with Crippen LogP contribution in [0.1, 0.15) is 18.4 Å². The molecule has 0 atom stereocenters. The van der Waals surface area contributed by atoms with Gasteiger partial charge in [0.05, 0.1) is 5.56 Å². The van der Waals surface area contributed by atoms with E-state index in [1.54, 1.807) is 5.06 Å². The molecular formula is C11H12F3NO. The van der Waals surface area contributed by atoms with Gasteiger partial charge in [-0.15, -0.1) is 5.06 Å². The van der Waals surface area contributed by atoms with Gasteiger partial charge in [-0.3, -0.25) is 0 Å². The lowest BCUT2D eigenvalue weighted by Crippen LogP contribution is -2.23. The van der Waals surface area contributed by atoms with Gasteiger partial charge in [0.15, 0.2) is 0 Å². The Kier molecular flexibility index (Phi) is 3.05. The number of hydroxylamine groups is 2. The van der Waals surface area contributed by atoms with E-state index in [0.717, 1.165) is 38.1 Å². The van der Waals surface area contributed by atoms with Crippen molar-refractivity contribution >= 4 is 0 Å². The van der Waals surface area contributed by atoms with Gasteiger partial charge >= 0.3 is 6.18 Å². The van der Waals surface area contributed by atoms with Crippen LogP contribution < -0.4 is 4.84 Å². The molecule has 1 aliphatic rings. The molecule has 16 heavy (non-hydrogen) atoms. The van der Waals surface area contributed by atoms with Gasteiger partial charge in [0.2, 0.25) is 0 Å². The van der Waals surface area contributed by atoms with E-state index in [0.29, 0.717) is 0 Å². The predicted molar refractivity (Wildman–Crippen MR) is 52.9 cm³/mol. The molecule has 0 bridgehead atoms. The summed E-state index contributed by atoms with van der Waals surface area (Å²) >= 11 is 0. The van der Waals surface area contributed by atoms with Gasteiger partial charge in [0.1, 0.15) is 5.75 Å². The van der Waals surface area contributed by atoms with Crippen molar-refractivity contribution in [1.82, 2.24) is 5.06 Å². The fraction of sp³-hybridized carbons (Fsp3) is 0.455. The van der Waals surface area contributed by atoms with Crippen molar-refractivity contribution in [2.45, 2.75) is 19.0 Å². The number of hydrogen-bond donors (Lipinski definition) is 0. The van der Waals surface area contributed by atoms with Gasteiger partial charge in [-0.2, -0.15) is 13.2 Å². The highest BCUT2D eigenvalue weighted by Crippen LogP contribution is 2.31. The first-order chi connectivity index (χ1) is 7.55. The van der Waals surface area contributed by atoms with E-state index in [4.69, 9.17) is 4.84 Å². The van der Waals surface area contributed by atoms with E-state index < -0.39 is 11.7 Å². The van der Waals surface area contributed by atoms with Crippen LogP contribution in [0.25, 0.3) is 0 Å². The van der Waals surface area contributed by atoms with E-state index >= 15 is 0 Å². The van der Waals surface area contributed by atoms with Crippen molar-refractivity contribution in [1.29, 1.82) is 0 Å². The summed E-state index contributed by atoms with van der Waals surface area (Å²) < 4.78 is 37.2. The normalized spacial score (nSPS) is 17.7. The van der Waals surface area contributed by atoms with E-state index in [-0.39, 0.29) is 5.75 Å². The second-order valence-electron chi connectivity index (χ2n) is 3.75. The highest BCUT2D eigenvalue weighted by Gasteiger charge is 2.30. The fourth-order valence-corrected chi connectivity index (χ4v) is 1.66. The number of nitrogens with zero attached hydrogens (tertiary/aromatic N) is 1. The number of hydrogen-bond acceptors (Lipinski definition) is 2. The molecule has 5 heteroatoms. The van der Waals surface area contributed by atoms with Crippen LogP contribution in [0, 0.1) is 0 Å². The zero-order chi connectivity index (χ0) is 11.6.